The number of hydrogen-bond donors (Lipinski definition) is 1. The van der Waals surface area contributed by atoms with Crippen LogP contribution in [-0.2, 0) is 0 Å². The van der Waals surface area contributed by atoms with Gasteiger partial charge in [-0.05, 0) is 30.5 Å². The van der Waals surface area contributed by atoms with Gasteiger partial charge in [-0.15, -0.1) is 0 Å². The van der Waals surface area contributed by atoms with Gasteiger partial charge in [-0.2, -0.15) is 0 Å². The highest BCUT2D eigenvalue weighted by Crippen LogP contribution is 2.22. The zero-order valence-corrected chi connectivity index (χ0v) is 12.4. The van der Waals surface area contributed by atoms with Crippen LogP contribution in [0.15, 0.2) is 35.6 Å². The van der Waals surface area contributed by atoms with Gasteiger partial charge >= 0.3 is 0 Å². The van der Waals surface area contributed by atoms with E-state index in [1.165, 1.54) is 18.0 Å². The first-order valence-electron chi connectivity index (χ1n) is 6.04. The van der Waals surface area contributed by atoms with E-state index in [0.717, 1.165) is 17.7 Å². The van der Waals surface area contributed by atoms with Crippen molar-refractivity contribution in [2.24, 2.45) is 0 Å². The molecule has 104 valence electrons. The number of nitrogens with one attached hydrogen (secondary N) is 1. The van der Waals surface area contributed by atoms with E-state index >= 15 is 0 Å². The van der Waals surface area contributed by atoms with E-state index in [2.05, 4.69) is 15.3 Å². The molecule has 1 aromatic heterocycles. The van der Waals surface area contributed by atoms with Crippen molar-refractivity contribution in [1.82, 2.24) is 9.97 Å². The van der Waals surface area contributed by atoms with Gasteiger partial charge < -0.3 is 10.2 Å². The lowest BCUT2D eigenvalue weighted by Gasteiger charge is -2.13. The number of aromatic nitrogens is 2. The Morgan fingerprint density at radius 1 is 1.25 bits per heavy atom. The van der Waals surface area contributed by atoms with Gasteiger partial charge in [0.25, 0.3) is 0 Å². The summed E-state index contributed by atoms with van der Waals surface area (Å²) in [6.45, 7) is 0. The van der Waals surface area contributed by atoms with E-state index in [-0.39, 0.29) is 0 Å². The van der Waals surface area contributed by atoms with Gasteiger partial charge in [0.2, 0.25) is 0 Å². The first-order valence-corrected chi connectivity index (χ1v) is 7.27. The molecule has 0 atom stereocenters. The monoisotopic (exact) mass is 288 g/mol. The fraction of sp³-hybridized carbons (Fsp3) is 0.214. The van der Waals surface area contributed by atoms with Gasteiger partial charge in [0.05, 0.1) is 5.56 Å². The maximum absolute atomic E-state index is 11.0. The molecule has 0 saturated heterocycles. The molecular weight excluding hydrogens is 272 g/mol. The maximum Gasteiger partial charge on any atom is 0.189 e. The van der Waals surface area contributed by atoms with Crippen LogP contribution in [0.3, 0.4) is 0 Å². The first kappa shape index (κ1) is 14.3. The quantitative estimate of drug-likeness (QED) is 0.518. The lowest BCUT2D eigenvalue weighted by atomic mass is 10.2. The van der Waals surface area contributed by atoms with E-state index in [9.17, 15) is 4.79 Å². The third-order valence-electron chi connectivity index (χ3n) is 2.75. The third-order valence-corrected chi connectivity index (χ3v) is 3.31. The number of carbonyl (C=O) groups excluding carboxylic acids is 1. The van der Waals surface area contributed by atoms with Gasteiger partial charge in [0, 0.05) is 31.7 Å². The van der Waals surface area contributed by atoms with Crippen molar-refractivity contribution in [2.75, 3.05) is 30.6 Å². The summed E-state index contributed by atoms with van der Waals surface area (Å²) >= 11 is 1.43. The first-order chi connectivity index (χ1) is 9.63. The Kier molecular flexibility index (Phi) is 4.57. The minimum atomic E-state index is 0.444. The molecule has 6 heteroatoms. The molecule has 0 aliphatic carbocycles. The average Bonchev–Trinajstić information content (AvgIpc) is 2.47. The molecule has 1 aromatic carbocycles. The molecule has 0 radical (unpaired) electrons. The molecule has 0 bridgehead atoms. The number of nitrogens with zero attached hydrogens (tertiary/aromatic N) is 3. The van der Waals surface area contributed by atoms with Crippen LogP contribution in [0.5, 0.6) is 0 Å². The predicted molar refractivity (Wildman–Crippen MR) is 83.3 cm³/mol. The number of thioether (sulfide) groups is 1. The lowest BCUT2D eigenvalue weighted by Crippen LogP contribution is -2.08. The summed E-state index contributed by atoms with van der Waals surface area (Å²) in [6, 6.07) is 7.90. The Hall–Kier alpha value is -2.08. The molecule has 0 amide bonds. The molecule has 0 fully saturated rings. The number of carbonyl (C=O) groups is 1. The van der Waals surface area contributed by atoms with Crippen molar-refractivity contribution in [3.8, 4) is 0 Å². The van der Waals surface area contributed by atoms with Crippen LogP contribution in [0.4, 0.5) is 17.2 Å². The van der Waals surface area contributed by atoms with Crippen molar-refractivity contribution >= 4 is 35.2 Å². The molecule has 1 heterocycles. The van der Waals surface area contributed by atoms with Crippen molar-refractivity contribution in [2.45, 2.75) is 5.16 Å². The van der Waals surface area contributed by atoms with Crippen LogP contribution in [0.25, 0.3) is 0 Å². The van der Waals surface area contributed by atoms with Crippen LogP contribution in [0, 0.1) is 0 Å². The molecule has 5 nitrogen and oxygen atoms in total. The second kappa shape index (κ2) is 6.38. The second-order valence-corrected chi connectivity index (χ2v) is 5.12. The van der Waals surface area contributed by atoms with E-state index in [1.807, 2.05) is 49.5 Å². The third kappa shape index (κ3) is 3.27. The Bertz CT molecular complexity index is 599. The van der Waals surface area contributed by atoms with Crippen LogP contribution in [-0.4, -0.2) is 36.6 Å². The number of benzene rings is 1. The Morgan fingerprint density at radius 2 is 1.95 bits per heavy atom. The molecule has 0 spiro atoms. The maximum atomic E-state index is 11.0. The summed E-state index contributed by atoms with van der Waals surface area (Å²) in [4.78, 5) is 21.4. The number of anilines is 3. The number of hydrogen-bond acceptors (Lipinski definition) is 6. The van der Waals surface area contributed by atoms with E-state index < -0.39 is 0 Å². The molecule has 0 aliphatic heterocycles. The van der Waals surface area contributed by atoms with Crippen molar-refractivity contribution in [3.63, 3.8) is 0 Å². The zero-order chi connectivity index (χ0) is 14.5. The zero-order valence-electron chi connectivity index (χ0n) is 11.6. The normalized spacial score (nSPS) is 10.2. The summed E-state index contributed by atoms with van der Waals surface area (Å²) < 4.78 is 0. The molecule has 20 heavy (non-hydrogen) atoms. The van der Waals surface area contributed by atoms with Crippen LogP contribution in [0.1, 0.15) is 10.4 Å². The predicted octanol–water partition coefficient (Wildman–Crippen LogP) is 2.82. The highest BCUT2D eigenvalue weighted by atomic mass is 32.2. The van der Waals surface area contributed by atoms with Crippen LogP contribution in [0.2, 0.25) is 0 Å². The largest absolute Gasteiger partial charge is 0.378 e. The Morgan fingerprint density at radius 3 is 2.50 bits per heavy atom. The van der Waals surface area contributed by atoms with Gasteiger partial charge in [-0.25, -0.2) is 9.97 Å². The SMILES string of the molecule is CSc1ncc(C=O)c(Nc2ccc(N(C)C)cc2)n1. The highest BCUT2D eigenvalue weighted by Gasteiger charge is 2.07. The molecule has 0 unspecified atom stereocenters. The summed E-state index contributed by atoms with van der Waals surface area (Å²) in [5, 5.41) is 3.78. The van der Waals surface area contributed by atoms with Gasteiger partial charge in [0.1, 0.15) is 5.82 Å². The number of rotatable bonds is 5. The van der Waals surface area contributed by atoms with E-state index in [0.29, 0.717) is 16.5 Å². The summed E-state index contributed by atoms with van der Waals surface area (Å²) in [6.07, 6.45) is 4.18. The minimum absolute atomic E-state index is 0.444. The molecule has 2 aromatic rings. The van der Waals surface area contributed by atoms with Crippen molar-refractivity contribution < 1.29 is 4.79 Å². The molecule has 0 saturated carbocycles. The molecule has 1 N–H and O–H groups in total. The molecular formula is C14H16N4OS. The average molecular weight is 288 g/mol. The lowest BCUT2D eigenvalue weighted by molar-refractivity contribution is 0.112. The Labute approximate surface area is 122 Å². The standard InChI is InChI=1S/C14H16N4OS/c1-18(2)12-6-4-11(5-7-12)16-13-10(9-19)8-15-14(17-13)20-3/h4-9H,1-3H3,(H,15,16,17). The molecule has 0 aliphatic rings. The Balaban J connectivity index is 2.26. The minimum Gasteiger partial charge on any atom is -0.378 e. The highest BCUT2D eigenvalue weighted by molar-refractivity contribution is 7.98. The van der Waals surface area contributed by atoms with Crippen molar-refractivity contribution in [3.05, 3.63) is 36.0 Å². The summed E-state index contributed by atoms with van der Waals surface area (Å²) in [5.41, 5.74) is 2.43. The van der Waals surface area contributed by atoms with Gasteiger partial charge in [0.15, 0.2) is 11.4 Å². The van der Waals surface area contributed by atoms with Crippen LogP contribution >= 0.6 is 11.8 Å². The number of aldehydes is 1. The fourth-order valence-corrected chi connectivity index (χ4v) is 1.98. The van der Waals surface area contributed by atoms with Gasteiger partial charge in [-0.1, -0.05) is 11.8 Å². The fourth-order valence-electron chi connectivity index (χ4n) is 1.64. The van der Waals surface area contributed by atoms with Crippen LogP contribution < -0.4 is 10.2 Å². The smallest absolute Gasteiger partial charge is 0.189 e. The topological polar surface area (TPSA) is 58.1 Å². The van der Waals surface area contributed by atoms with Crippen molar-refractivity contribution in [1.29, 1.82) is 0 Å². The van der Waals surface area contributed by atoms with E-state index in [4.69, 9.17) is 0 Å². The summed E-state index contributed by atoms with van der Waals surface area (Å²) in [7, 11) is 3.98. The van der Waals surface area contributed by atoms with E-state index in [1.54, 1.807) is 0 Å². The van der Waals surface area contributed by atoms with Gasteiger partial charge in [-0.3, -0.25) is 4.79 Å². The molecule has 2 rings (SSSR count). The second-order valence-electron chi connectivity index (χ2n) is 4.34. The summed E-state index contributed by atoms with van der Waals surface area (Å²) in [5.74, 6) is 0.525.